The van der Waals surface area contributed by atoms with Gasteiger partial charge in [0.1, 0.15) is 17.5 Å². The van der Waals surface area contributed by atoms with E-state index in [1.54, 1.807) is 11.8 Å². The number of halogens is 4. The van der Waals surface area contributed by atoms with Crippen molar-refractivity contribution < 1.29 is 18.0 Å². The van der Waals surface area contributed by atoms with Crippen LogP contribution in [0.3, 0.4) is 0 Å². The first-order chi connectivity index (χ1) is 14.1. The molecule has 0 saturated carbocycles. The van der Waals surface area contributed by atoms with Gasteiger partial charge in [-0.25, -0.2) is 18.2 Å². The Morgan fingerprint density at radius 2 is 2.00 bits per heavy atom. The zero-order valence-electron chi connectivity index (χ0n) is 16.2. The van der Waals surface area contributed by atoms with E-state index in [0.717, 1.165) is 6.07 Å². The molecule has 0 radical (unpaired) electrons. The molecule has 6 nitrogen and oxygen atoms in total. The van der Waals surface area contributed by atoms with E-state index in [-0.39, 0.29) is 53.5 Å². The van der Waals surface area contributed by atoms with Gasteiger partial charge in [-0.1, -0.05) is 11.6 Å². The largest absolute Gasteiger partial charge is 0.384 e. The Morgan fingerprint density at radius 1 is 1.27 bits per heavy atom. The predicted molar refractivity (Wildman–Crippen MR) is 110 cm³/mol. The van der Waals surface area contributed by atoms with Crippen molar-refractivity contribution in [3.05, 3.63) is 51.9 Å². The van der Waals surface area contributed by atoms with Crippen LogP contribution in [0.1, 0.15) is 40.9 Å². The minimum Gasteiger partial charge on any atom is -0.384 e. The number of anilines is 2. The number of carbonyl (C=O) groups excluding carboxylic acids is 1. The Hall–Kier alpha value is -2.81. The summed E-state index contributed by atoms with van der Waals surface area (Å²) in [6.07, 6.45) is -0.296. The Labute approximate surface area is 176 Å². The first kappa shape index (κ1) is 21.9. The summed E-state index contributed by atoms with van der Waals surface area (Å²) >= 11 is 6.16. The van der Waals surface area contributed by atoms with Crippen LogP contribution in [0.5, 0.6) is 0 Å². The fourth-order valence-electron chi connectivity index (χ4n) is 3.26. The summed E-state index contributed by atoms with van der Waals surface area (Å²) in [5.74, 6) is -4.24. The number of benzene rings is 1. The predicted octanol–water partition coefficient (Wildman–Crippen LogP) is 4.34. The highest BCUT2D eigenvalue weighted by molar-refractivity contribution is 6.31. The number of amides is 1. The minimum atomic E-state index is -2.75. The van der Waals surface area contributed by atoms with Gasteiger partial charge in [0.25, 0.3) is 5.91 Å². The number of nitrogen functional groups attached to an aromatic ring is 1. The second-order valence-electron chi connectivity index (χ2n) is 7.19. The second kappa shape index (κ2) is 8.51. The maximum Gasteiger partial charge on any atom is 0.259 e. The number of aryl methyl sites for hydroxylation is 1. The van der Waals surface area contributed by atoms with Crippen LogP contribution < -0.4 is 16.0 Å². The first-order valence-electron chi connectivity index (χ1n) is 9.32. The van der Waals surface area contributed by atoms with Crippen LogP contribution in [0, 0.1) is 18.2 Å². The number of nitrogens with zero attached hydrogens (tertiary/aromatic N) is 2. The fourth-order valence-corrected chi connectivity index (χ4v) is 3.41. The van der Waals surface area contributed by atoms with Crippen LogP contribution in [0.2, 0.25) is 5.02 Å². The maximum atomic E-state index is 13.8. The summed E-state index contributed by atoms with van der Waals surface area (Å²) in [5.41, 5.74) is 6.01. The standard InChI is InChI=1S/C20H21ClF3N5O/c1-11-15(21)10-14(18(27-11)29-7-2-5-20(23,24)6-8-29)19(30)28-12-3-4-16(22)13(9-12)17(25)26/h3-4,9-10H,2,5-8H2,1H3,(H3,25,26)(H,28,30). The van der Waals surface area contributed by atoms with Crippen molar-refractivity contribution in [2.45, 2.75) is 32.1 Å². The van der Waals surface area contributed by atoms with Gasteiger partial charge in [0.2, 0.25) is 5.92 Å². The van der Waals surface area contributed by atoms with Gasteiger partial charge in [-0.3, -0.25) is 10.2 Å². The van der Waals surface area contributed by atoms with E-state index in [4.69, 9.17) is 22.7 Å². The molecule has 1 aliphatic heterocycles. The molecule has 10 heteroatoms. The van der Waals surface area contributed by atoms with Crippen LogP contribution in [-0.2, 0) is 0 Å². The normalized spacial score (nSPS) is 16.1. The molecule has 2 heterocycles. The number of amidine groups is 1. The van der Waals surface area contributed by atoms with Gasteiger partial charge in [-0.15, -0.1) is 0 Å². The number of hydrogen-bond donors (Lipinski definition) is 3. The molecular formula is C20H21ClF3N5O. The highest BCUT2D eigenvalue weighted by atomic mass is 35.5. The Bertz CT molecular complexity index is 999. The summed E-state index contributed by atoms with van der Waals surface area (Å²) in [4.78, 5) is 19.0. The van der Waals surface area contributed by atoms with Crippen molar-refractivity contribution in [1.29, 1.82) is 5.41 Å². The van der Waals surface area contributed by atoms with Gasteiger partial charge in [0.05, 0.1) is 21.8 Å². The van der Waals surface area contributed by atoms with Gasteiger partial charge in [0.15, 0.2) is 0 Å². The molecule has 0 bridgehead atoms. The van der Waals surface area contributed by atoms with Crippen LogP contribution in [-0.4, -0.2) is 35.7 Å². The molecule has 1 aromatic heterocycles. The van der Waals surface area contributed by atoms with Crippen molar-refractivity contribution in [3.63, 3.8) is 0 Å². The SMILES string of the molecule is Cc1nc(N2CCCC(F)(F)CC2)c(C(=O)Nc2ccc(F)c(C(=N)N)c2)cc1Cl. The molecule has 30 heavy (non-hydrogen) atoms. The third-order valence-corrected chi connectivity index (χ3v) is 5.29. The first-order valence-corrected chi connectivity index (χ1v) is 9.70. The van der Waals surface area contributed by atoms with Gasteiger partial charge in [-0.2, -0.15) is 0 Å². The summed E-state index contributed by atoms with van der Waals surface area (Å²) < 4.78 is 41.3. The van der Waals surface area contributed by atoms with Gasteiger partial charge < -0.3 is 16.0 Å². The number of nitrogens with two attached hydrogens (primary N) is 1. The summed E-state index contributed by atoms with van der Waals surface area (Å²) in [6, 6.07) is 5.09. The van der Waals surface area contributed by atoms with E-state index in [2.05, 4.69) is 10.3 Å². The lowest BCUT2D eigenvalue weighted by Gasteiger charge is -2.24. The van der Waals surface area contributed by atoms with E-state index < -0.39 is 23.5 Å². The van der Waals surface area contributed by atoms with Gasteiger partial charge >= 0.3 is 0 Å². The van der Waals surface area contributed by atoms with Gasteiger partial charge in [-0.05, 0) is 37.6 Å². The summed E-state index contributed by atoms with van der Waals surface area (Å²) in [5, 5.41) is 10.3. The number of rotatable bonds is 4. The van der Waals surface area contributed by atoms with Crippen LogP contribution in [0.4, 0.5) is 24.7 Å². The van der Waals surface area contributed by atoms with Crippen LogP contribution >= 0.6 is 11.6 Å². The topological polar surface area (TPSA) is 95.1 Å². The van der Waals surface area contributed by atoms with Crippen LogP contribution in [0.25, 0.3) is 0 Å². The monoisotopic (exact) mass is 439 g/mol. The second-order valence-corrected chi connectivity index (χ2v) is 7.59. The zero-order chi connectivity index (χ0) is 22.1. The Balaban J connectivity index is 1.93. The molecule has 0 aliphatic carbocycles. The number of nitrogens with one attached hydrogen (secondary N) is 2. The van der Waals surface area contributed by atoms with Crippen molar-refractivity contribution in [3.8, 4) is 0 Å². The number of aromatic nitrogens is 1. The minimum absolute atomic E-state index is 0.0480. The average molecular weight is 440 g/mol. The van der Waals surface area contributed by atoms with E-state index in [1.807, 2.05) is 0 Å². The highest BCUT2D eigenvalue weighted by Crippen LogP contribution is 2.32. The molecule has 3 rings (SSSR count). The van der Waals surface area contributed by atoms with Crippen molar-refractivity contribution in [2.24, 2.45) is 5.73 Å². The zero-order valence-corrected chi connectivity index (χ0v) is 17.0. The van der Waals surface area contributed by atoms with E-state index in [0.29, 0.717) is 12.2 Å². The quantitative estimate of drug-likeness (QED) is 0.487. The van der Waals surface area contributed by atoms with Crippen molar-refractivity contribution in [1.82, 2.24) is 4.98 Å². The maximum absolute atomic E-state index is 13.8. The van der Waals surface area contributed by atoms with Crippen LogP contribution in [0.15, 0.2) is 24.3 Å². The molecule has 2 aromatic rings. The third-order valence-electron chi connectivity index (χ3n) is 4.91. The van der Waals surface area contributed by atoms with Gasteiger partial charge in [0, 0.05) is 31.6 Å². The molecule has 1 aromatic carbocycles. The molecule has 160 valence electrons. The third kappa shape index (κ3) is 4.84. The molecular weight excluding hydrogens is 419 g/mol. The smallest absolute Gasteiger partial charge is 0.259 e. The lowest BCUT2D eigenvalue weighted by Crippen LogP contribution is -2.29. The Kier molecular flexibility index (Phi) is 6.21. The molecule has 0 unspecified atom stereocenters. The summed E-state index contributed by atoms with van der Waals surface area (Å²) in [7, 11) is 0. The average Bonchev–Trinajstić information content (AvgIpc) is 2.85. The number of alkyl halides is 2. The van der Waals surface area contributed by atoms with Crippen molar-refractivity contribution >= 4 is 34.8 Å². The summed E-state index contributed by atoms with van der Waals surface area (Å²) in [6.45, 7) is 2.04. The molecule has 0 spiro atoms. The lowest BCUT2D eigenvalue weighted by molar-refractivity contribution is -0.0102. The van der Waals surface area contributed by atoms with E-state index in [1.165, 1.54) is 18.2 Å². The molecule has 1 saturated heterocycles. The Morgan fingerprint density at radius 3 is 2.70 bits per heavy atom. The van der Waals surface area contributed by atoms with Crippen molar-refractivity contribution in [2.75, 3.05) is 23.3 Å². The lowest BCUT2D eigenvalue weighted by atomic mass is 10.1. The molecule has 1 fully saturated rings. The van der Waals surface area contributed by atoms with E-state index in [9.17, 15) is 18.0 Å². The number of carbonyl (C=O) groups is 1. The van der Waals surface area contributed by atoms with E-state index >= 15 is 0 Å². The highest BCUT2D eigenvalue weighted by Gasteiger charge is 2.33. The molecule has 0 atom stereocenters. The fraction of sp³-hybridized carbons (Fsp3) is 0.350. The molecule has 1 amide bonds. The molecule has 4 N–H and O–H groups in total. The number of hydrogen-bond acceptors (Lipinski definition) is 4. The molecule has 1 aliphatic rings. The number of pyridine rings is 1.